The number of carbonyl (C=O) groups excluding carboxylic acids is 1. The van der Waals surface area contributed by atoms with Gasteiger partial charge in [0, 0.05) is 23.9 Å². The molecular formula is C16H17FN2OS. The van der Waals surface area contributed by atoms with Crippen LogP contribution in [0, 0.1) is 0 Å². The molecule has 1 saturated heterocycles. The molecule has 0 radical (unpaired) electrons. The molecule has 1 aromatic heterocycles. The van der Waals surface area contributed by atoms with Gasteiger partial charge in [-0.1, -0.05) is 30.3 Å². The zero-order valence-corrected chi connectivity index (χ0v) is 12.7. The van der Waals surface area contributed by atoms with Gasteiger partial charge in [0.15, 0.2) is 0 Å². The highest BCUT2D eigenvalue weighted by Crippen LogP contribution is 2.26. The number of hydrogen-bond donors (Lipinski definition) is 0. The van der Waals surface area contributed by atoms with Crippen molar-refractivity contribution in [2.24, 2.45) is 0 Å². The summed E-state index contributed by atoms with van der Waals surface area (Å²) in [5.74, 6) is -0.0405. The van der Waals surface area contributed by atoms with E-state index in [0.29, 0.717) is 13.0 Å². The smallest absolute Gasteiger partial charge is 0.228 e. The predicted octanol–water partition coefficient (Wildman–Crippen LogP) is 3.31. The van der Waals surface area contributed by atoms with Gasteiger partial charge in [-0.3, -0.25) is 4.79 Å². The molecule has 3 rings (SSSR count). The van der Waals surface area contributed by atoms with Crippen LogP contribution in [-0.2, 0) is 11.2 Å². The third kappa shape index (κ3) is 3.29. The van der Waals surface area contributed by atoms with Crippen LogP contribution >= 0.6 is 11.3 Å². The number of alkyl halides is 1. The first kappa shape index (κ1) is 14.2. The van der Waals surface area contributed by atoms with E-state index < -0.39 is 5.67 Å². The zero-order valence-electron chi connectivity index (χ0n) is 11.9. The molecule has 0 aliphatic carbocycles. The standard InChI is InChI=1S/C16H17FN2OS/c1-16(17)7-8-19(11-16)14(20)9-13-10-21-15(18-13)12-5-3-2-4-6-12/h2-6,10H,7-9,11H2,1H3/t16-/m1/s1. The summed E-state index contributed by atoms with van der Waals surface area (Å²) < 4.78 is 13.8. The summed E-state index contributed by atoms with van der Waals surface area (Å²) in [6.45, 7) is 2.25. The molecule has 2 heterocycles. The Bertz CT molecular complexity index is 639. The number of benzene rings is 1. The number of halogens is 1. The van der Waals surface area contributed by atoms with Gasteiger partial charge >= 0.3 is 0 Å². The van der Waals surface area contributed by atoms with E-state index in [0.717, 1.165) is 16.3 Å². The monoisotopic (exact) mass is 304 g/mol. The van der Waals surface area contributed by atoms with E-state index in [2.05, 4.69) is 4.98 Å². The molecule has 110 valence electrons. The van der Waals surface area contributed by atoms with Gasteiger partial charge in [0.05, 0.1) is 18.7 Å². The number of hydrogen-bond acceptors (Lipinski definition) is 3. The molecular weight excluding hydrogens is 287 g/mol. The van der Waals surface area contributed by atoms with Crippen molar-refractivity contribution in [1.29, 1.82) is 0 Å². The van der Waals surface area contributed by atoms with Crippen LogP contribution < -0.4 is 0 Å². The number of likely N-dealkylation sites (tertiary alicyclic amines) is 1. The molecule has 0 unspecified atom stereocenters. The van der Waals surface area contributed by atoms with Crippen molar-refractivity contribution in [3.63, 3.8) is 0 Å². The summed E-state index contributed by atoms with van der Waals surface area (Å²) in [5, 5.41) is 2.82. The molecule has 1 fully saturated rings. The maximum atomic E-state index is 13.8. The molecule has 0 bridgehead atoms. The fraction of sp³-hybridized carbons (Fsp3) is 0.375. The van der Waals surface area contributed by atoms with Gasteiger partial charge < -0.3 is 4.90 Å². The third-order valence-corrected chi connectivity index (χ3v) is 4.62. The fourth-order valence-corrected chi connectivity index (χ4v) is 3.33. The highest BCUT2D eigenvalue weighted by molar-refractivity contribution is 7.13. The Kier molecular flexibility index (Phi) is 3.76. The molecule has 1 aromatic carbocycles. The summed E-state index contributed by atoms with van der Waals surface area (Å²) in [7, 11) is 0. The summed E-state index contributed by atoms with van der Waals surface area (Å²) >= 11 is 1.53. The normalized spacial score (nSPS) is 21.7. The molecule has 21 heavy (non-hydrogen) atoms. The van der Waals surface area contributed by atoms with Crippen molar-refractivity contribution >= 4 is 17.2 Å². The van der Waals surface area contributed by atoms with Gasteiger partial charge in [-0.2, -0.15) is 0 Å². The highest BCUT2D eigenvalue weighted by atomic mass is 32.1. The Labute approximate surface area is 127 Å². The number of nitrogens with zero attached hydrogens (tertiary/aromatic N) is 2. The molecule has 2 aromatic rings. The Hall–Kier alpha value is -1.75. The summed E-state index contributed by atoms with van der Waals surface area (Å²) in [5.41, 5.74) is 0.572. The minimum absolute atomic E-state index is 0.0405. The maximum Gasteiger partial charge on any atom is 0.228 e. The van der Waals surface area contributed by atoms with Gasteiger partial charge in [0.25, 0.3) is 0 Å². The number of amides is 1. The van der Waals surface area contributed by atoms with Crippen molar-refractivity contribution in [3.8, 4) is 10.6 Å². The van der Waals surface area contributed by atoms with Crippen LogP contribution in [0.3, 0.4) is 0 Å². The molecule has 1 amide bonds. The van der Waals surface area contributed by atoms with Crippen molar-refractivity contribution in [2.75, 3.05) is 13.1 Å². The van der Waals surface area contributed by atoms with Crippen LogP contribution in [0.15, 0.2) is 35.7 Å². The van der Waals surface area contributed by atoms with Gasteiger partial charge in [0.1, 0.15) is 10.7 Å². The van der Waals surface area contributed by atoms with E-state index in [1.807, 2.05) is 35.7 Å². The van der Waals surface area contributed by atoms with Crippen molar-refractivity contribution in [3.05, 3.63) is 41.4 Å². The molecule has 0 spiro atoms. The van der Waals surface area contributed by atoms with E-state index in [-0.39, 0.29) is 18.9 Å². The van der Waals surface area contributed by atoms with Crippen molar-refractivity contribution in [1.82, 2.24) is 9.88 Å². The zero-order chi connectivity index (χ0) is 14.9. The topological polar surface area (TPSA) is 33.2 Å². The van der Waals surface area contributed by atoms with E-state index in [1.165, 1.54) is 11.3 Å². The van der Waals surface area contributed by atoms with Crippen LogP contribution in [0.25, 0.3) is 10.6 Å². The Balaban J connectivity index is 1.66. The molecule has 0 N–H and O–H groups in total. The van der Waals surface area contributed by atoms with Crippen molar-refractivity contribution < 1.29 is 9.18 Å². The lowest BCUT2D eigenvalue weighted by Crippen LogP contribution is -2.33. The molecule has 5 heteroatoms. The Morgan fingerprint density at radius 2 is 2.19 bits per heavy atom. The highest BCUT2D eigenvalue weighted by Gasteiger charge is 2.35. The summed E-state index contributed by atoms with van der Waals surface area (Å²) in [6, 6.07) is 9.89. The summed E-state index contributed by atoms with van der Waals surface area (Å²) in [6.07, 6.45) is 0.671. The quantitative estimate of drug-likeness (QED) is 0.871. The third-order valence-electron chi connectivity index (χ3n) is 3.68. The SMILES string of the molecule is C[C@@]1(F)CCN(C(=O)Cc2csc(-c3ccccc3)n2)C1. The molecule has 1 atom stereocenters. The van der Waals surface area contributed by atoms with Crippen molar-refractivity contribution in [2.45, 2.75) is 25.4 Å². The van der Waals surface area contributed by atoms with Gasteiger partial charge in [-0.25, -0.2) is 9.37 Å². The molecule has 1 aliphatic heterocycles. The first-order valence-electron chi connectivity index (χ1n) is 7.00. The second-order valence-corrected chi connectivity index (χ2v) is 6.52. The first-order valence-corrected chi connectivity index (χ1v) is 7.88. The van der Waals surface area contributed by atoms with E-state index in [1.54, 1.807) is 11.8 Å². The lowest BCUT2D eigenvalue weighted by atomic mass is 10.1. The number of carbonyl (C=O) groups is 1. The number of rotatable bonds is 3. The van der Waals surface area contributed by atoms with Gasteiger partial charge in [-0.05, 0) is 6.92 Å². The average molecular weight is 304 g/mol. The molecule has 1 aliphatic rings. The fourth-order valence-electron chi connectivity index (χ4n) is 2.51. The second-order valence-electron chi connectivity index (χ2n) is 5.67. The maximum absolute atomic E-state index is 13.8. The Morgan fingerprint density at radius 1 is 1.43 bits per heavy atom. The number of aromatic nitrogens is 1. The van der Waals surface area contributed by atoms with Gasteiger partial charge in [0.2, 0.25) is 5.91 Å². The number of thiazole rings is 1. The predicted molar refractivity (Wildman–Crippen MR) is 82.0 cm³/mol. The lowest BCUT2D eigenvalue weighted by molar-refractivity contribution is -0.129. The lowest BCUT2D eigenvalue weighted by Gasteiger charge is -2.16. The van der Waals surface area contributed by atoms with Crippen LogP contribution in [0.5, 0.6) is 0 Å². The minimum Gasteiger partial charge on any atom is -0.339 e. The van der Waals surface area contributed by atoms with Crippen LogP contribution in [-0.4, -0.2) is 34.5 Å². The van der Waals surface area contributed by atoms with Gasteiger partial charge in [-0.15, -0.1) is 11.3 Å². The van der Waals surface area contributed by atoms with E-state index in [4.69, 9.17) is 0 Å². The van der Waals surface area contributed by atoms with Crippen LogP contribution in [0.4, 0.5) is 4.39 Å². The average Bonchev–Trinajstić information content (AvgIpc) is 3.06. The Morgan fingerprint density at radius 3 is 2.86 bits per heavy atom. The molecule has 3 nitrogen and oxygen atoms in total. The van der Waals surface area contributed by atoms with E-state index >= 15 is 0 Å². The second kappa shape index (κ2) is 5.56. The summed E-state index contributed by atoms with van der Waals surface area (Å²) in [4.78, 5) is 18.3. The molecule has 0 saturated carbocycles. The first-order chi connectivity index (χ1) is 10.0. The van der Waals surface area contributed by atoms with Crippen LogP contribution in [0.1, 0.15) is 19.0 Å². The minimum atomic E-state index is -1.24. The van der Waals surface area contributed by atoms with E-state index in [9.17, 15) is 9.18 Å². The largest absolute Gasteiger partial charge is 0.339 e. The van der Waals surface area contributed by atoms with Crippen LogP contribution in [0.2, 0.25) is 0 Å².